The Labute approximate surface area is 207 Å². The summed E-state index contributed by atoms with van der Waals surface area (Å²) in [5.74, 6) is 6.62. The molecule has 2 aromatic carbocycles. The number of carbonyl (C=O) groups excluding carboxylic acids is 1. The fraction of sp³-hybridized carbons (Fsp3) is 0.464. The molecule has 4 rings (SSSR count). The predicted octanol–water partition coefficient (Wildman–Crippen LogP) is 6.61. The quantitative estimate of drug-likeness (QED) is 0.285. The minimum Gasteiger partial charge on any atom is -0.469 e. The van der Waals surface area contributed by atoms with Gasteiger partial charge in [0.15, 0.2) is 0 Å². The highest BCUT2D eigenvalue weighted by atomic mass is 32.2. The van der Waals surface area contributed by atoms with E-state index in [1.54, 1.807) is 0 Å². The van der Waals surface area contributed by atoms with E-state index in [-0.39, 0.29) is 36.3 Å². The van der Waals surface area contributed by atoms with Crippen molar-refractivity contribution in [3.05, 3.63) is 64.2 Å². The van der Waals surface area contributed by atoms with Crippen LogP contribution < -0.4 is 9.50 Å². The molecule has 1 N–H and O–H groups in total. The van der Waals surface area contributed by atoms with Gasteiger partial charge in [-0.05, 0) is 67.1 Å². The summed E-state index contributed by atoms with van der Waals surface area (Å²) in [5.41, 5.74) is 4.69. The molecule has 0 amide bonds. The lowest BCUT2D eigenvalue weighted by Crippen LogP contribution is -2.33. The third-order valence-corrected chi connectivity index (χ3v) is 6.85. The maximum absolute atomic E-state index is 13.1. The molecule has 0 heterocycles. The molecule has 2 aliphatic rings. The average molecular weight is 484 g/mol. The van der Waals surface area contributed by atoms with Crippen LogP contribution in [0.2, 0.25) is 0 Å². The first kappa shape index (κ1) is 26.1. The summed E-state index contributed by atoms with van der Waals surface area (Å²) in [6.07, 6.45) is 7.74. The molecule has 1 saturated carbocycles. The number of halogens is 1. The topological polar surface area (TPSA) is 47.6 Å². The molecule has 0 spiro atoms. The van der Waals surface area contributed by atoms with Gasteiger partial charge in [-0.25, -0.2) is 0 Å². The number of hydrogen-bond donors (Lipinski definition) is 1. The standard InChI is InChI=1S/C25H28FNO3S.C3H6/c1-5-25(2)13-12-21(27-3)24-20(25)14-19(15-22(24)30-31-26)11-8-17-6-9-18(10-7-17)16-23(28)29-4;1-2-3-1/h6-7,9-10,14-15,21,27H,5,12-13,16H2,1-4H3;1-3H2. The number of ether oxygens (including phenoxy) is 1. The van der Waals surface area contributed by atoms with Gasteiger partial charge in [-0.2, -0.15) is 0 Å². The van der Waals surface area contributed by atoms with E-state index in [1.807, 2.05) is 37.4 Å². The van der Waals surface area contributed by atoms with E-state index < -0.39 is 0 Å². The van der Waals surface area contributed by atoms with Crippen LogP contribution >= 0.6 is 12.4 Å². The van der Waals surface area contributed by atoms with E-state index in [1.165, 1.54) is 31.9 Å². The highest BCUT2D eigenvalue weighted by Crippen LogP contribution is 2.48. The van der Waals surface area contributed by atoms with Gasteiger partial charge in [0.1, 0.15) is 5.75 Å². The van der Waals surface area contributed by atoms with Crippen LogP contribution in [0.3, 0.4) is 0 Å². The van der Waals surface area contributed by atoms with Crippen LogP contribution in [-0.4, -0.2) is 20.1 Å². The van der Waals surface area contributed by atoms with Crippen LogP contribution in [0, 0.1) is 11.8 Å². The zero-order chi connectivity index (χ0) is 24.6. The second-order valence-corrected chi connectivity index (χ2v) is 9.43. The fourth-order valence-electron chi connectivity index (χ4n) is 4.15. The molecule has 0 aromatic heterocycles. The summed E-state index contributed by atoms with van der Waals surface area (Å²) in [6.45, 7) is 4.43. The summed E-state index contributed by atoms with van der Waals surface area (Å²) < 4.78 is 23.1. The van der Waals surface area contributed by atoms with Crippen molar-refractivity contribution in [3.8, 4) is 17.6 Å². The normalized spacial score (nSPS) is 20.1. The number of hydrogen-bond acceptors (Lipinski definition) is 5. The van der Waals surface area contributed by atoms with Gasteiger partial charge in [-0.3, -0.25) is 4.79 Å². The van der Waals surface area contributed by atoms with E-state index in [4.69, 9.17) is 8.92 Å². The maximum atomic E-state index is 13.1. The third-order valence-electron chi connectivity index (χ3n) is 6.61. The Morgan fingerprint density at radius 2 is 1.85 bits per heavy atom. The minimum atomic E-state index is -0.273. The van der Waals surface area contributed by atoms with Crippen LogP contribution in [0.1, 0.15) is 86.2 Å². The monoisotopic (exact) mass is 483 g/mol. The van der Waals surface area contributed by atoms with Crippen molar-refractivity contribution in [2.75, 3.05) is 14.2 Å². The Morgan fingerprint density at radius 3 is 2.41 bits per heavy atom. The van der Waals surface area contributed by atoms with E-state index in [2.05, 4.69) is 37.1 Å². The number of rotatable bonds is 6. The highest BCUT2D eigenvalue weighted by molar-refractivity contribution is 7.89. The number of benzene rings is 2. The Kier molecular flexibility index (Phi) is 9.44. The summed E-state index contributed by atoms with van der Waals surface area (Å²) in [7, 11) is 3.30. The smallest absolute Gasteiger partial charge is 0.309 e. The van der Waals surface area contributed by atoms with E-state index >= 15 is 0 Å². The van der Waals surface area contributed by atoms with Gasteiger partial charge in [0.2, 0.25) is 0 Å². The molecule has 0 saturated heterocycles. The lowest BCUT2D eigenvalue weighted by atomic mass is 9.67. The van der Waals surface area contributed by atoms with Gasteiger partial charge in [-0.1, -0.05) is 57.1 Å². The zero-order valence-corrected chi connectivity index (χ0v) is 21.3. The van der Waals surface area contributed by atoms with Gasteiger partial charge in [0.25, 0.3) is 12.4 Å². The molecule has 34 heavy (non-hydrogen) atoms. The molecule has 2 unspecified atom stereocenters. The number of carbonyl (C=O) groups is 1. The zero-order valence-electron chi connectivity index (χ0n) is 20.5. The molecule has 6 heteroatoms. The molecule has 0 bridgehead atoms. The van der Waals surface area contributed by atoms with Crippen LogP contribution in [0.25, 0.3) is 0 Å². The second-order valence-electron chi connectivity index (χ2n) is 9.14. The molecular formula is C28H34FNO3S. The average Bonchev–Trinajstić information content (AvgIpc) is 3.74. The van der Waals surface area contributed by atoms with Crippen LogP contribution in [-0.2, 0) is 21.4 Å². The molecule has 182 valence electrons. The lowest BCUT2D eigenvalue weighted by Gasteiger charge is -2.39. The highest BCUT2D eigenvalue weighted by Gasteiger charge is 2.37. The van der Waals surface area contributed by atoms with E-state index in [0.29, 0.717) is 5.75 Å². The van der Waals surface area contributed by atoms with Gasteiger partial charge >= 0.3 is 5.97 Å². The van der Waals surface area contributed by atoms with Crippen molar-refractivity contribution in [3.63, 3.8) is 0 Å². The summed E-state index contributed by atoms with van der Waals surface area (Å²) >= 11 is -0.135. The van der Waals surface area contributed by atoms with E-state index in [0.717, 1.165) is 41.5 Å². The first-order valence-corrected chi connectivity index (χ1v) is 12.6. The number of nitrogens with one attached hydrogen (secondary N) is 1. The number of esters is 1. The third kappa shape index (κ3) is 6.77. The number of methoxy groups -OCH3 is 1. The first-order chi connectivity index (χ1) is 16.4. The lowest BCUT2D eigenvalue weighted by molar-refractivity contribution is -0.139. The van der Waals surface area contributed by atoms with Crippen LogP contribution in [0.15, 0.2) is 36.4 Å². The molecule has 2 atom stereocenters. The summed E-state index contributed by atoms with van der Waals surface area (Å²) in [4.78, 5) is 11.4. The van der Waals surface area contributed by atoms with Gasteiger partial charge in [0, 0.05) is 22.7 Å². The minimum absolute atomic E-state index is 0.00496. The van der Waals surface area contributed by atoms with Crippen molar-refractivity contribution in [1.29, 1.82) is 0 Å². The molecule has 0 radical (unpaired) electrons. The van der Waals surface area contributed by atoms with E-state index in [9.17, 15) is 8.68 Å². The molecular weight excluding hydrogens is 449 g/mol. The van der Waals surface area contributed by atoms with Crippen molar-refractivity contribution >= 4 is 18.4 Å². The summed E-state index contributed by atoms with van der Waals surface area (Å²) in [5, 5.41) is 3.34. The Balaban J connectivity index is 0.000000999. The maximum Gasteiger partial charge on any atom is 0.309 e. The number of fused-ring (bicyclic) bond motifs is 1. The van der Waals surface area contributed by atoms with Crippen molar-refractivity contribution in [2.24, 2.45) is 0 Å². The van der Waals surface area contributed by atoms with Gasteiger partial charge in [-0.15, -0.1) is 3.89 Å². The largest absolute Gasteiger partial charge is 0.469 e. The predicted molar refractivity (Wildman–Crippen MR) is 136 cm³/mol. The Bertz CT molecular complexity index is 1040. The molecule has 2 aromatic rings. The van der Waals surface area contributed by atoms with Crippen LogP contribution in [0.4, 0.5) is 3.89 Å². The SMILES string of the molecule is C1CC1.CCC1(C)CCC(NC)c2c(OSF)cc(C#Cc3ccc(CC(=O)OC)cc3)cc21. The second kappa shape index (κ2) is 12.3. The van der Waals surface area contributed by atoms with Crippen LogP contribution in [0.5, 0.6) is 5.75 Å². The molecule has 2 aliphatic carbocycles. The molecule has 1 fully saturated rings. The van der Waals surface area contributed by atoms with Gasteiger partial charge < -0.3 is 14.2 Å². The molecule has 4 nitrogen and oxygen atoms in total. The molecule has 0 aliphatic heterocycles. The van der Waals surface area contributed by atoms with Gasteiger partial charge in [0.05, 0.1) is 13.5 Å². The Hall–Kier alpha value is -2.49. The first-order valence-electron chi connectivity index (χ1n) is 11.9. The van der Waals surface area contributed by atoms with Crippen molar-refractivity contribution in [2.45, 2.75) is 70.3 Å². The van der Waals surface area contributed by atoms with Crippen molar-refractivity contribution in [1.82, 2.24) is 5.32 Å². The van der Waals surface area contributed by atoms with Crippen molar-refractivity contribution < 1.29 is 17.6 Å². The Morgan fingerprint density at radius 1 is 1.18 bits per heavy atom. The summed E-state index contributed by atoms with van der Waals surface area (Å²) in [6, 6.07) is 11.6. The fourth-order valence-corrected chi connectivity index (χ4v) is 4.35.